The number of thiocarbonyl (C=S) groups is 1. The zero-order valence-electron chi connectivity index (χ0n) is 15.6. The Labute approximate surface area is 165 Å². The maximum absolute atomic E-state index is 5.48. The molecular formula is C21H26N4OS. The highest BCUT2D eigenvalue weighted by atomic mass is 32.1. The number of benzene rings is 1. The smallest absolute Gasteiger partial charge is 0.176 e. The number of para-hydroxylation sites is 2. The predicted octanol–water partition coefficient (Wildman–Crippen LogP) is 4.63. The van der Waals surface area contributed by atoms with Gasteiger partial charge in [-0.05, 0) is 80.6 Å². The number of hydrogen-bond acceptors (Lipinski definition) is 3. The number of nitrogens with zero attached hydrogens (tertiary/aromatic N) is 2. The Morgan fingerprint density at radius 2 is 1.74 bits per heavy atom. The van der Waals surface area contributed by atoms with Gasteiger partial charge >= 0.3 is 0 Å². The van der Waals surface area contributed by atoms with Gasteiger partial charge in [-0.3, -0.25) is 4.68 Å². The van der Waals surface area contributed by atoms with Crippen LogP contribution in [0.3, 0.4) is 0 Å². The molecule has 1 aromatic carbocycles. The first-order chi connectivity index (χ1) is 13.1. The highest BCUT2D eigenvalue weighted by Crippen LogP contribution is 2.58. The Bertz CT molecular complexity index is 826. The average Bonchev–Trinajstić information content (AvgIpc) is 3.10. The summed E-state index contributed by atoms with van der Waals surface area (Å²) in [5.74, 6) is 4.29. The van der Waals surface area contributed by atoms with E-state index in [4.69, 9.17) is 22.1 Å². The first-order valence-corrected chi connectivity index (χ1v) is 10.3. The molecule has 0 radical (unpaired) electrons. The van der Waals surface area contributed by atoms with Crippen molar-refractivity contribution < 1.29 is 4.74 Å². The minimum atomic E-state index is 0.242. The lowest BCUT2D eigenvalue weighted by molar-refractivity contribution is -0.0492. The number of methoxy groups -OCH3 is 1. The molecule has 0 saturated heterocycles. The molecule has 0 amide bonds. The molecule has 4 saturated carbocycles. The molecule has 1 heterocycles. The van der Waals surface area contributed by atoms with Gasteiger partial charge in [0.1, 0.15) is 5.75 Å². The maximum atomic E-state index is 5.48. The molecule has 5 nitrogen and oxygen atoms in total. The SMILES string of the molecule is COc1ccccc1NC(=S)Nc1ccn(C23CC4CC(CC(C4)C2)C3)n1. The molecule has 1 aromatic heterocycles. The summed E-state index contributed by atoms with van der Waals surface area (Å²) in [4.78, 5) is 0. The van der Waals surface area contributed by atoms with Gasteiger partial charge in [0, 0.05) is 12.3 Å². The summed E-state index contributed by atoms with van der Waals surface area (Å²) in [5, 5.41) is 11.8. The fraction of sp³-hybridized carbons (Fsp3) is 0.524. The second kappa shape index (κ2) is 6.51. The van der Waals surface area contributed by atoms with Crippen LogP contribution in [0.15, 0.2) is 36.5 Å². The van der Waals surface area contributed by atoms with Crippen LogP contribution in [0.25, 0.3) is 0 Å². The Morgan fingerprint density at radius 3 is 2.41 bits per heavy atom. The van der Waals surface area contributed by atoms with E-state index in [1.807, 2.05) is 30.3 Å². The second-order valence-electron chi connectivity index (χ2n) is 8.57. The molecule has 2 aromatic rings. The van der Waals surface area contributed by atoms with Gasteiger partial charge < -0.3 is 15.4 Å². The van der Waals surface area contributed by atoms with Gasteiger partial charge in [0.05, 0.1) is 18.3 Å². The lowest BCUT2D eigenvalue weighted by atomic mass is 9.53. The fourth-order valence-electron chi connectivity index (χ4n) is 6.02. The van der Waals surface area contributed by atoms with E-state index >= 15 is 0 Å². The zero-order chi connectivity index (χ0) is 18.4. The normalized spacial score (nSPS) is 30.9. The molecule has 4 fully saturated rings. The molecule has 2 N–H and O–H groups in total. The summed E-state index contributed by atoms with van der Waals surface area (Å²) >= 11 is 5.48. The molecule has 0 atom stereocenters. The first kappa shape index (κ1) is 17.0. The van der Waals surface area contributed by atoms with Crippen molar-refractivity contribution >= 4 is 28.8 Å². The zero-order valence-corrected chi connectivity index (χ0v) is 16.5. The molecule has 6 heteroatoms. The summed E-state index contributed by atoms with van der Waals surface area (Å²) in [6, 6.07) is 9.78. The molecule has 6 rings (SSSR count). The fourth-order valence-corrected chi connectivity index (χ4v) is 6.23. The van der Waals surface area contributed by atoms with Crippen LogP contribution in [0.5, 0.6) is 5.75 Å². The van der Waals surface area contributed by atoms with Gasteiger partial charge in [0.2, 0.25) is 0 Å². The number of anilines is 2. The van der Waals surface area contributed by atoms with Crippen molar-refractivity contribution in [3.8, 4) is 5.75 Å². The third-order valence-electron chi connectivity index (χ3n) is 6.68. The Balaban J connectivity index is 1.29. The summed E-state index contributed by atoms with van der Waals surface area (Å²) in [5.41, 5.74) is 1.09. The van der Waals surface area contributed by atoms with Crippen LogP contribution in [0.2, 0.25) is 0 Å². The highest BCUT2D eigenvalue weighted by molar-refractivity contribution is 7.80. The molecule has 4 bridgehead atoms. The van der Waals surface area contributed by atoms with Crippen LogP contribution in [-0.4, -0.2) is 22.0 Å². The summed E-state index contributed by atoms with van der Waals surface area (Å²) in [6.07, 6.45) is 10.4. The van der Waals surface area contributed by atoms with E-state index in [-0.39, 0.29) is 5.54 Å². The van der Waals surface area contributed by atoms with E-state index in [9.17, 15) is 0 Å². The van der Waals surface area contributed by atoms with E-state index in [2.05, 4.69) is 21.5 Å². The molecule has 0 spiro atoms. The van der Waals surface area contributed by atoms with E-state index in [0.717, 1.165) is 35.0 Å². The Kier molecular flexibility index (Phi) is 4.11. The van der Waals surface area contributed by atoms with Gasteiger partial charge in [-0.25, -0.2) is 0 Å². The third kappa shape index (κ3) is 3.10. The van der Waals surface area contributed by atoms with Crippen molar-refractivity contribution in [3.63, 3.8) is 0 Å². The largest absolute Gasteiger partial charge is 0.495 e. The number of rotatable bonds is 4. The Morgan fingerprint density at radius 1 is 1.07 bits per heavy atom. The minimum Gasteiger partial charge on any atom is -0.495 e. The van der Waals surface area contributed by atoms with Gasteiger partial charge in [-0.1, -0.05) is 12.1 Å². The van der Waals surface area contributed by atoms with Gasteiger partial charge in [-0.15, -0.1) is 0 Å². The van der Waals surface area contributed by atoms with Crippen LogP contribution in [0.1, 0.15) is 38.5 Å². The van der Waals surface area contributed by atoms with Crippen molar-refractivity contribution in [1.29, 1.82) is 0 Å². The van der Waals surface area contributed by atoms with Crippen LogP contribution < -0.4 is 15.4 Å². The minimum absolute atomic E-state index is 0.242. The molecule has 0 unspecified atom stereocenters. The molecule has 142 valence electrons. The number of hydrogen-bond donors (Lipinski definition) is 2. The van der Waals surface area contributed by atoms with Crippen molar-refractivity contribution in [3.05, 3.63) is 36.5 Å². The number of nitrogens with one attached hydrogen (secondary N) is 2. The van der Waals surface area contributed by atoms with Crippen molar-refractivity contribution in [1.82, 2.24) is 9.78 Å². The number of aromatic nitrogens is 2. The topological polar surface area (TPSA) is 51.1 Å². The number of ether oxygens (including phenoxy) is 1. The summed E-state index contributed by atoms with van der Waals surface area (Å²) in [7, 11) is 1.66. The van der Waals surface area contributed by atoms with E-state index < -0.39 is 0 Å². The maximum Gasteiger partial charge on any atom is 0.176 e. The van der Waals surface area contributed by atoms with Crippen LogP contribution in [0.4, 0.5) is 11.5 Å². The third-order valence-corrected chi connectivity index (χ3v) is 6.88. The van der Waals surface area contributed by atoms with Gasteiger partial charge in [0.25, 0.3) is 0 Å². The second-order valence-corrected chi connectivity index (χ2v) is 8.98. The van der Waals surface area contributed by atoms with Crippen molar-refractivity contribution in [2.45, 2.75) is 44.1 Å². The van der Waals surface area contributed by atoms with Crippen LogP contribution in [-0.2, 0) is 5.54 Å². The van der Waals surface area contributed by atoms with Crippen LogP contribution >= 0.6 is 12.2 Å². The monoisotopic (exact) mass is 382 g/mol. The Hall–Kier alpha value is -2.08. The molecule has 4 aliphatic rings. The van der Waals surface area contributed by atoms with Crippen LogP contribution in [0, 0.1) is 17.8 Å². The predicted molar refractivity (Wildman–Crippen MR) is 111 cm³/mol. The molecule has 4 aliphatic carbocycles. The van der Waals surface area contributed by atoms with Crippen molar-refractivity contribution in [2.75, 3.05) is 17.7 Å². The lowest BCUT2D eigenvalue weighted by Crippen LogP contribution is -2.52. The van der Waals surface area contributed by atoms with Gasteiger partial charge in [-0.2, -0.15) is 5.10 Å². The summed E-state index contributed by atoms with van der Waals surface area (Å²) < 4.78 is 7.61. The van der Waals surface area contributed by atoms with Crippen molar-refractivity contribution in [2.24, 2.45) is 17.8 Å². The first-order valence-electron chi connectivity index (χ1n) is 9.91. The van der Waals surface area contributed by atoms with E-state index in [1.165, 1.54) is 38.5 Å². The highest BCUT2D eigenvalue weighted by Gasteiger charge is 2.52. The quantitative estimate of drug-likeness (QED) is 0.756. The van der Waals surface area contributed by atoms with E-state index in [1.54, 1.807) is 7.11 Å². The molecule has 27 heavy (non-hydrogen) atoms. The molecule has 0 aliphatic heterocycles. The standard InChI is InChI=1S/C21H26N4OS/c1-26-18-5-3-2-4-17(18)22-20(27)23-19-6-7-25(24-19)21-11-14-8-15(12-21)10-16(9-14)13-21/h2-7,14-16H,8-13H2,1H3,(H2,22,23,24,27). The van der Waals surface area contributed by atoms with E-state index in [0.29, 0.717) is 5.11 Å². The van der Waals surface area contributed by atoms with Gasteiger partial charge in [0.15, 0.2) is 10.9 Å². The average molecular weight is 383 g/mol. The molecular weight excluding hydrogens is 356 g/mol. The summed E-state index contributed by atoms with van der Waals surface area (Å²) in [6.45, 7) is 0. The lowest BCUT2D eigenvalue weighted by Gasteiger charge is -2.56.